The molecule has 24 N–H and O–H groups in total. The van der Waals surface area contributed by atoms with Gasteiger partial charge in [-0.1, -0.05) is 88.1 Å². The van der Waals surface area contributed by atoms with Gasteiger partial charge in [0.15, 0.2) is 0 Å². The second kappa shape index (κ2) is 48.3. The van der Waals surface area contributed by atoms with Crippen LogP contribution in [0.25, 0.3) is 21.0 Å². The summed E-state index contributed by atoms with van der Waals surface area (Å²) >= 11 is 2.11. The van der Waals surface area contributed by atoms with Gasteiger partial charge in [-0.05, 0) is 97.3 Å². The molecule has 0 saturated carbocycles. The number of aromatic nitrogens is 1. The SMILES string of the molecule is CCCC[C@H]1C(=O)N(C)[C@@H](CCCC)C(=O)N[C@@H](CN)C(=O)N[C@H](C(=O)NCC(N)=O)CSCC(=O)N[C@@H](Cc2ccc(O)cc2)C(=O)N(C)[C@@H](C)C(O)N[C@@H](CC(=O)O)C(=O)N2CCC[C@H]2C(=O)N[C@@H](CN)C(=O)N[C@@H](CC(=O)O)C(=O)N2C[C@H](O)C[C@H]2C(=O)N[C@@H](Cc2c[nH]c3ccccc23)C(=O)N[C@@H](CCN)C(=O)N[C@@H](Cc2csc3ccccc23)C(=O)N1C. The molecule has 2 aromatic heterocycles. The third-order valence-corrected chi connectivity index (χ3v) is 24.8. The van der Waals surface area contributed by atoms with Crippen LogP contribution in [0.3, 0.4) is 0 Å². The molecule has 1 unspecified atom stereocenters. The van der Waals surface area contributed by atoms with Crippen molar-refractivity contribution in [2.24, 2.45) is 22.9 Å². The molecule has 5 heterocycles. The number of thiophene rings is 1. The number of nitrogens with one attached hydrogen (secondary N) is 11. The summed E-state index contributed by atoms with van der Waals surface area (Å²) in [4.78, 5) is 253. The van der Waals surface area contributed by atoms with Crippen molar-refractivity contribution in [1.82, 2.24) is 82.7 Å². The average molecular weight is 1820 g/mol. The normalized spacial score (nSPS) is 26.1. The summed E-state index contributed by atoms with van der Waals surface area (Å²) in [5.74, 6) is -19.1. The van der Waals surface area contributed by atoms with Crippen LogP contribution < -0.4 is 76.1 Å². The number of carboxylic acids is 2. The van der Waals surface area contributed by atoms with E-state index in [-0.39, 0.29) is 70.2 Å². The number of aliphatic hydroxyl groups excluding tert-OH is 2. The zero-order chi connectivity index (χ0) is 93.9. The van der Waals surface area contributed by atoms with E-state index in [1.807, 2.05) is 32.0 Å². The number of aliphatic hydroxyl groups is 2. The molecule has 0 spiro atoms. The Morgan fingerprint density at radius 2 is 1.09 bits per heavy atom. The minimum atomic E-state index is -2.06. The fourth-order valence-corrected chi connectivity index (χ4v) is 17.4. The molecule has 698 valence electrons. The maximum absolute atomic E-state index is 15.7. The predicted octanol–water partition coefficient (Wildman–Crippen LogP) is -4.33. The Bertz CT molecular complexity index is 4810. The molecule has 0 bridgehead atoms. The number of thioether (sulfide) groups is 1. The Labute approximate surface area is 746 Å². The molecule has 42 nitrogen and oxygen atoms in total. The summed E-state index contributed by atoms with van der Waals surface area (Å²) in [6.45, 7) is 1.86. The number of amides is 15. The van der Waals surface area contributed by atoms with Crippen LogP contribution in [-0.2, 0) is 101 Å². The van der Waals surface area contributed by atoms with Gasteiger partial charge in [-0.2, -0.15) is 0 Å². The predicted molar refractivity (Wildman–Crippen MR) is 469 cm³/mol. The van der Waals surface area contributed by atoms with Gasteiger partial charge in [-0.25, -0.2) is 0 Å². The summed E-state index contributed by atoms with van der Waals surface area (Å²) in [5.41, 5.74) is 25.9. The molecule has 8 rings (SSSR count). The van der Waals surface area contributed by atoms with Gasteiger partial charge in [0.1, 0.15) is 84.5 Å². The van der Waals surface area contributed by atoms with Crippen molar-refractivity contribution in [2.75, 3.05) is 71.9 Å². The van der Waals surface area contributed by atoms with Crippen LogP contribution in [0, 0.1) is 0 Å². The molecular weight excluding hydrogens is 1710 g/mol. The zero-order valence-electron chi connectivity index (χ0n) is 72.1. The van der Waals surface area contributed by atoms with Crippen LogP contribution in [0.5, 0.6) is 5.75 Å². The van der Waals surface area contributed by atoms with E-state index >= 15 is 24.0 Å². The number of rotatable bonds is 23. The minimum absolute atomic E-state index is 0.00753. The Kier molecular flexibility index (Phi) is 38.3. The number of phenols is 1. The fourth-order valence-electron chi connectivity index (χ4n) is 15.5. The minimum Gasteiger partial charge on any atom is -0.508 e. The maximum atomic E-state index is 15.7. The molecule has 0 radical (unpaired) electrons. The van der Waals surface area contributed by atoms with Crippen molar-refractivity contribution in [2.45, 2.75) is 214 Å². The number of likely N-dealkylation sites (N-methyl/N-ethyl adjacent to an activating group) is 3. The van der Waals surface area contributed by atoms with Gasteiger partial charge in [-0.15, -0.1) is 23.1 Å². The molecule has 16 atom stereocenters. The number of nitrogens with two attached hydrogens (primary N) is 4. The van der Waals surface area contributed by atoms with Crippen LogP contribution in [0.1, 0.15) is 115 Å². The van der Waals surface area contributed by atoms with E-state index in [1.165, 1.54) is 63.7 Å². The summed E-state index contributed by atoms with van der Waals surface area (Å²) in [6.07, 6.45) is -3.92. The lowest BCUT2D eigenvalue weighted by Crippen LogP contribution is -2.62. The van der Waals surface area contributed by atoms with Crippen LogP contribution in [0.15, 0.2) is 84.4 Å². The van der Waals surface area contributed by atoms with Gasteiger partial charge >= 0.3 is 11.9 Å². The van der Waals surface area contributed by atoms with E-state index < -0.39 is 254 Å². The number of aromatic hydroxyl groups is 1. The number of aromatic amines is 1. The Morgan fingerprint density at radius 3 is 1.73 bits per heavy atom. The number of benzene rings is 3. The topological polar surface area (TPSA) is 648 Å². The third-order valence-electron chi connectivity index (χ3n) is 22.8. The van der Waals surface area contributed by atoms with Gasteiger partial charge in [0.05, 0.1) is 43.3 Å². The number of nitrogens with zero attached hydrogens (tertiary/aromatic N) is 5. The first-order chi connectivity index (χ1) is 60.9. The monoisotopic (exact) mass is 1820 g/mol. The number of H-pyrrole nitrogens is 1. The van der Waals surface area contributed by atoms with Crippen molar-refractivity contribution in [3.63, 3.8) is 0 Å². The van der Waals surface area contributed by atoms with Crippen molar-refractivity contribution in [3.8, 4) is 5.75 Å². The smallest absolute Gasteiger partial charge is 0.305 e. The van der Waals surface area contributed by atoms with Crippen molar-refractivity contribution >= 4 is 145 Å². The molecule has 5 aromatic rings. The van der Waals surface area contributed by atoms with E-state index in [0.29, 0.717) is 53.3 Å². The lowest BCUT2D eigenvalue weighted by Gasteiger charge is -2.36. The Morgan fingerprint density at radius 1 is 0.547 bits per heavy atom. The number of hydrogen-bond donors (Lipinski definition) is 20. The second-order valence-electron chi connectivity index (χ2n) is 32.0. The van der Waals surface area contributed by atoms with Gasteiger partial charge in [0.25, 0.3) is 0 Å². The number of carboxylic acid groups (broad SMARTS) is 2. The largest absolute Gasteiger partial charge is 0.508 e. The van der Waals surface area contributed by atoms with Crippen LogP contribution in [-0.4, -0.2) is 324 Å². The van der Waals surface area contributed by atoms with Crippen molar-refractivity contribution in [3.05, 3.63) is 101 Å². The van der Waals surface area contributed by atoms with Gasteiger partial charge in [0.2, 0.25) is 88.6 Å². The standard InChI is InChI=1S/C84H118N20O22S2/c1-7-9-19-62-77(119)97-60(37-87)76(118)99-61(72(114)90-39-67(88)107)42-127-43-68(108)91-55(30-45-23-25-48(105)26-24-45)80(122)100(4)44(3)71(113)94-57(34-69(109)110)82(124)103-29-15-21-63(103)78(120)98-59(36-86)75(117)96-58(35-70(111)112)83(125)104-40-49(106)33-65(104)79(121)93-54(31-46-38-89-52-18-13-11-16-50(46)52)74(116)92-53(27-28-85)73(115)95-56(32-47-41-128-66-22-14-12-17-51(47)66)81(123)102(6)64(20-10-8-2)84(126)101(62)5/h11-14,16-18,22-26,38,41,44,49,53-65,71,89,94,105-106,113H,7-10,15,19-21,27-37,39-40,42-43,85-87H2,1-6H3,(H2,88,107)(H,90,114)(H,91,108)(H,92,116)(H,93,121)(H,95,115)(H,96,117)(H,97,119)(H,98,120)(H,99,118)(H,109,110)(H,111,112)/t44-,49+,53-,54-,55-,56-,57-,58-,59-,60-,61-,62-,63-,64-,65-,71?/m0/s1. The van der Waals surface area contributed by atoms with E-state index in [9.17, 15) is 83.1 Å². The highest BCUT2D eigenvalue weighted by Gasteiger charge is 2.47. The second-order valence-corrected chi connectivity index (χ2v) is 34.0. The maximum Gasteiger partial charge on any atom is 0.305 e. The lowest BCUT2D eigenvalue weighted by molar-refractivity contribution is -0.149. The molecule has 3 aliphatic heterocycles. The van der Waals surface area contributed by atoms with Gasteiger partial charge < -0.3 is 126 Å². The number of carbonyl (C=O) groups excluding carboxylic acids is 15. The van der Waals surface area contributed by atoms with E-state index in [0.717, 1.165) is 46.3 Å². The van der Waals surface area contributed by atoms with E-state index in [4.69, 9.17) is 22.9 Å². The average Bonchev–Trinajstić information content (AvgIpc) is 0.849. The highest BCUT2D eigenvalue weighted by molar-refractivity contribution is 8.00. The molecule has 3 saturated heterocycles. The molecule has 3 aliphatic rings. The molecule has 0 aliphatic carbocycles. The summed E-state index contributed by atoms with van der Waals surface area (Å²) in [5, 5.41) is 82.3. The summed E-state index contributed by atoms with van der Waals surface area (Å²) < 4.78 is 0.819. The van der Waals surface area contributed by atoms with Crippen LogP contribution in [0.4, 0.5) is 0 Å². The number of para-hydroxylation sites is 1. The highest BCUT2D eigenvalue weighted by Crippen LogP contribution is 2.30. The summed E-state index contributed by atoms with van der Waals surface area (Å²) in [6, 6.07) is -2.77. The van der Waals surface area contributed by atoms with Crippen molar-refractivity contribution in [1.29, 1.82) is 0 Å². The molecule has 44 heteroatoms. The number of unbranched alkanes of at least 4 members (excludes halogenated alkanes) is 2. The van der Waals surface area contributed by atoms with E-state index in [1.54, 1.807) is 41.9 Å². The zero-order valence-corrected chi connectivity index (χ0v) is 73.8. The number of hydrogen-bond acceptors (Lipinski definition) is 26. The van der Waals surface area contributed by atoms with Gasteiger partial charge in [-0.3, -0.25) is 86.8 Å². The first-order valence-corrected chi connectivity index (χ1v) is 44.4. The molecule has 128 heavy (non-hydrogen) atoms. The first kappa shape index (κ1) is 101. The highest BCUT2D eigenvalue weighted by atomic mass is 32.2. The fraction of sp³-hybridized carbons (Fsp3) is 0.536. The quantitative estimate of drug-likeness (QED) is 0.0294. The van der Waals surface area contributed by atoms with Crippen molar-refractivity contribution < 1.29 is 107 Å². The lowest BCUT2D eigenvalue weighted by atomic mass is 10.00. The molecule has 3 fully saturated rings. The molecule has 15 amide bonds. The molecule has 3 aromatic carbocycles. The summed E-state index contributed by atoms with van der Waals surface area (Å²) in [7, 11) is 3.92. The first-order valence-electron chi connectivity index (χ1n) is 42.3. The van der Waals surface area contributed by atoms with E-state index in [2.05, 4.69) is 58.2 Å². The number of carbonyl (C=O) groups is 17. The van der Waals surface area contributed by atoms with Crippen LogP contribution >= 0.6 is 23.1 Å². The Hall–Kier alpha value is -11.9. The molecular formula is C84H118N20O22S2. The third kappa shape index (κ3) is 27.5. The number of fused-ring (bicyclic) bond motifs is 4. The number of phenolic OH excluding ortho intramolecular Hbond substituents is 1. The van der Waals surface area contributed by atoms with Gasteiger partial charge in [0, 0.05) is 101 Å². The Balaban J connectivity index is 1.17. The van der Waals surface area contributed by atoms with Crippen LogP contribution in [0.2, 0.25) is 0 Å². The number of primary amides is 1. The number of aliphatic carboxylic acids is 2.